The van der Waals surface area contributed by atoms with Crippen LogP contribution in [0.15, 0.2) is 59.9 Å². The van der Waals surface area contributed by atoms with E-state index in [1.54, 1.807) is 55.0 Å². The number of nitrogens with zero attached hydrogens (tertiary/aromatic N) is 6. The second-order valence-electron chi connectivity index (χ2n) is 9.08. The van der Waals surface area contributed by atoms with Gasteiger partial charge < -0.3 is 4.57 Å². The molecule has 1 saturated carbocycles. The monoisotopic (exact) mass is 519 g/mol. The summed E-state index contributed by atoms with van der Waals surface area (Å²) in [6.07, 6.45) is 8.94. The van der Waals surface area contributed by atoms with Crippen LogP contribution in [0.4, 0.5) is 0 Å². The maximum Gasteiger partial charge on any atom is 0.269 e. The second-order valence-corrected chi connectivity index (χ2v) is 11.3. The molecule has 4 heterocycles. The summed E-state index contributed by atoms with van der Waals surface area (Å²) in [5.41, 5.74) is 2.33. The van der Waals surface area contributed by atoms with Gasteiger partial charge in [-0.3, -0.25) is 5.10 Å². The van der Waals surface area contributed by atoms with Crippen molar-refractivity contribution in [2.75, 3.05) is 0 Å². The van der Waals surface area contributed by atoms with Crippen molar-refractivity contribution in [2.45, 2.75) is 43.0 Å². The Bertz CT molecular complexity index is 1720. The fourth-order valence-electron chi connectivity index (χ4n) is 5.24. The number of aromatic nitrogens is 6. The van der Waals surface area contributed by atoms with Gasteiger partial charge in [0.05, 0.1) is 27.7 Å². The summed E-state index contributed by atoms with van der Waals surface area (Å²) in [6, 6.07) is 12.5. The van der Waals surface area contributed by atoms with Crippen LogP contribution in [-0.2, 0) is 10.0 Å². The summed E-state index contributed by atoms with van der Waals surface area (Å²) in [6.45, 7) is 0. The highest BCUT2D eigenvalue weighted by atomic mass is 35.5. The number of hydrogen-bond donors (Lipinski definition) is 1. The summed E-state index contributed by atoms with van der Waals surface area (Å²) < 4.78 is 30.2. The molecule has 1 aliphatic rings. The molecule has 9 nitrogen and oxygen atoms in total. The van der Waals surface area contributed by atoms with Crippen molar-refractivity contribution in [3.05, 3.63) is 60.0 Å². The van der Waals surface area contributed by atoms with E-state index in [0.29, 0.717) is 45.4 Å². The first-order valence-electron chi connectivity index (χ1n) is 11.7. The van der Waals surface area contributed by atoms with Crippen LogP contribution in [0.3, 0.4) is 0 Å². The Kier molecular flexibility index (Phi) is 5.54. The van der Waals surface area contributed by atoms with Crippen molar-refractivity contribution in [1.82, 2.24) is 28.7 Å². The van der Waals surface area contributed by atoms with Crippen molar-refractivity contribution in [3.63, 3.8) is 0 Å². The minimum atomic E-state index is -3.83. The molecule has 182 valence electrons. The molecule has 36 heavy (non-hydrogen) atoms. The Morgan fingerprint density at radius 3 is 2.61 bits per heavy atom. The van der Waals surface area contributed by atoms with Crippen LogP contribution in [-0.4, -0.2) is 37.1 Å². The first-order valence-corrected chi connectivity index (χ1v) is 13.6. The fourth-order valence-corrected chi connectivity index (χ4v) is 6.74. The highest BCUT2D eigenvalue weighted by Crippen LogP contribution is 2.41. The number of rotatable bonds is 5. The van der Waals surface area contributed by atoms with E-state index >= 15 is 0 Å². The molecule has 1 fully saturated rings. The van der Waals surface area contributed by atoms with Gasteiger partial charge in [0.1, 0.15) is 11.2 Å². The van der Waals surface area contributed by atoms with E-state index in [9.17, 15) is 8.42 Å². The topological polar surface area (TPSA) is 122 Å². The molecule has 0 unspecified atom stereocenters. The smallest absolute Gasteiger partial charge is 0.269 e. The zero-order valence-corrected chi connectivity index (χ0v) is 20.7. The van der Waals surface area contributed by atoms with Crippen LogP contribution in [0.25, 0.3) is 33.6 Å². The largest absolute Gasteiger partial charge is 0.319 e. The highest BCUT2D eigenvalue weighted by molar-refractivity contribution is 7.90. The Hall–Kier alpha value is -3.68. The maximum atomic E-state index is 13.4. The van der Waals surface area contributed by atoms with Crippen molar-refractivity contribution in [2.24, 2.45) is 5.92 Å². The third kappa shape index (κ3) is 3.58. The number of pyridine rings is 1. The molecular formula is C25H22ClN7O2S. The SMILES string of the molecule is N#CC[C@H]1CC[C@H](n2c(-c3n[nH]cc3Cl)nc3cnc4c(ccn4S(=O)(=O)c4ccccc4)c32)CC1. The molecule has 0 spiro atoms. The Morgan fingerprint density at radius 1 is 1.14 bits per heavy atom. The average molecular weight is 520 g/mol. The van der Waals surface area contributed by atoms with Crippen LogP contribution in [0.1, 0.15) is 38.1 Å². The number of H-pyrrole nitrogens is 1. The van der Waals surface area contributed by atoms with E-state index in [-0.39, 0.29) is 10.9 Å². The van der Waals surface area contributed by atoms with Gasteiger partial charge in [0.2, 0.25) is 0 Å². The van der Waals surface area contributed by atoms with Gasteiger partial charge in [-0.05, 0) is 49.8 Å². The minimum Gasteiger partial charge on any atom is -0.319 e. The molecule has 0 radical (unpaired) electrons. The lowest BCUT2D eigenvalue weighted by Gasteiger charge is -2.29. The summed E-state index contributed by atoms with van der Waals surface area (Å²) in [4.78, 5) is 9.55. The fraction of sp³-hybridized carbons (Fsp3) is 0.280. The van der Waals surface area contributed by atoms with Crippen molar-refractivity contribution in [3.8, 4) is 17.6 Å². The molecule has 6 rings (SSSR count). The zero-order valence-electron chi connectivity index (χ0n) is 19.2. The Labute approximate surface area is 212 Å². The molecule has 11 heteroatoms. The number of halogens is 1. The third-order valence-electron chi connectivity index (χ3n) is 7.00. The maximum absolute atomic E-state index is 13.4. The quantitative estimate of drug-likeness (QED) is 0.335. The normalized spacial score (nSPS) is 18.6. The van der Waals surface area contributed by atoms with E-state index < -0.39 is 10.0 Å². The summed E-state index contributed by atoms with van der Waals surface area (Å²) >= 11 is 6.45. The molecule has 1 aliphatic carbocycles. The van der Waals surface area contributed by atoms with Crippen LogP contribution >= 0.6 is 11.6 Å². The molecule has 5 aromatic rings. The Balaban J connectivity index is 1.56. The lowest BCUT2D eigenvalue weighted by molar-refractivity contribution is 0.283. The van der Waals surface area contributed by atoms with Gasteiger partial charge in [-0.15, -0.1) is 0 Å². The standard InChI is InChI=1S/C25H22ClN7O2S/c26-20-14-29-31-22(20)25-30-21-15-28-24-19(11-13-32(24)36(34,35)18-4-2-1-3-5-18)23(21)33(25)17-8-6-16(7-9-17)10-12-27/h1-5,11,13-17H,6-10H2,(H,29,31)/t16-,17-. The highest BCUT2D eigenvalue weighted by Gasteiger charge is 2.30. The first-order chi connectivity index (χ1) is 17.5. The first kappa shape index (κ1) is 22.8. The predicted molar refractivity (Wildman–Crippen MR) is 136 cm³/mol. The van der Waals surface area contributed by atoms with Gasteiger partial charge in [-0.1, -0.05) is 29.8 Å². The molecule has 1 N–H and O–H groups in total. The number of hydrogen-bond acceptors (Lipinski definition) is 6. The van der Waals surface area contributed by atoms with E-state index in [0.717, 1.165) is 31.2 Å². The van der Waals surface area contributed by atoms with E-state index in [2.05, 4.69) is 25.8 Å². The molecule has 0 aliphatic heterocycles. The average Bonchev–Trinajstić information content (AvgIpc) is 3.61. The predicted octanol–water partition coefficient (Wildman–Crippen LogP) is 5.31. The van der Waals surface area contributed by atoms with E-state index in [4.69, 9.17) is 21.8 Å². The molecule has 0 saturated heterocycles. The lowest BCUT2D eigenvalue weighted by atomic mass is 9.84. The number of imidazole rings is 1. The number of nitriles is 1. The van der Waals surface area contributed by atoms with Gasteiger partial charge in [0.25, 0.3) is 10.0 Å². The van der Waals surface area contributed by atoms with Crippen LogP contribution < -0.4 is 0 Å². The molecule has 0 amide bonds. The van der Waals surface area contributed by atoms with Crippen molar-refractivity contribution in [1.29, 1.82) is 5.26 Å². The minimum absolute atomic E-state index is 0.104. The number of benzene rings is 1. The van der Waals surface area contributed by atoms with E-state index in [1.807, 2.05) is 0 Å². The van der Waals surface area contributed by atoms with Crippen LogP contribution in [0, 0.1) is 17.2 Å². The number of aromatic amines is 1. The molecular weight excluding hydrogens is 498 g/mol. The second kappa shape index (κ2) is 8.76. The van der Waals surface area contributed by atoms with Crippen molar-refractivity contribution >= 4 is 43.7 Å². The van der Waals surface area contributed by atoms with Crippen LogP contribution in [0.5, 0.6) is 0 Å². The molecule has 0 atom stereocenters. The molecule has 0 bridgehead atoms. The lowest BCUT2D eigenvalue weighted by Crippen LogP contribution is -2.19. The summed E-state index contributed by atoms with van der Waals surface area (Å²) in [5, 5.41) is 17.4. The van der Waals surface area contributed by atoms with Gasteiger partial charge in [-0.2, -0.15) is 10.4 Å². The van der Waals surface area contributed by atoms with Crippen molar-refractivity contribution < 1.29 is 8.42 Å². The molecule has 4 aromatic heterocycles. The van der Waals surface area contributed by atoms with Gasteiger partial charge in [0, 0.05) is 30.2 Å². The zero-order chi connectivity index (χ0) is 24.9. The van der Waals surface area contributed by atoms with E-state index in [1.165, 1.54) is 3.97 Å². The number of nitrogens with one attached hydrogen (secondary N) is 1. The Morgan fingerprint density at radius 2 is 1.92 bits per heavy atom. The molecule has 1 aromatic carbocycles. The summed E-state index contributed by atoms with van der Waals surface area (Å²) in [5.74, 6) is 1.00. The van der Waals surface area contributed by atoms with Gasteiger partial charge in [-0.25, -0.2) is 22.4 Å². The third-order valence-corrected chi connectivity index (χ3v) is 8.96. The van der Waals surface area contributed by atoms with Gasteiger partial charge >= 0.3 is 0 Å². The summed E-state index contributed by atoms with van der Waals surface area (Å²) in [7, 11) is -3.83. The number of fused-ring (bicyclic) bond motifs is 3. The van der Waals surface area contributed by atoms with Crippen LogP contribution in [0.2, 0.25) is 5.02 Å². The van der Waals surface area contributed by atoms with Gasteiger partial charge in [0.15, 0.2) is 11.5 Å².